The zero-order chi connectivity index (χ0) is 12.8. The van der Waals surface area contributed by atoms with E-state index >= 15 is 0 Å². The van der Waals surface area contributed by atoms with Crippen LogP contribution in [0.2, 0.25) is 0 Å². The number of carboxylic acids is 1. The maximum Gasteiger partial charge on any atom is 0.305 e. The lowest BCUT2D eigenvalue weighted by molar-refractivity contribution is -0.137. The molecule has 0 heterocycles. The Morgan fingerprint density at radius 2 is 1.82 bits per heavy atom. The molecule has 1 rings (SSSR count). The highest BCUT2D eigenvalue weighted by molar-refractivity contribution is 5.83. The number of benzene rings is 1. The van der Waals surface area contributed by atoms with Crippen LogP contribution in [0.1, 0.15) is 31.7 Å². The van der Waals surface area contributed by atoms with Gasteiger partial charge in [-0.15, -0.1) is 0 Å². The molecule has 0 aliphatic rings. The normalized spacial score (nSPS) is 13.8. The summed E-state index contributed by atoms with van der Waals surface area (Å²) in [5.41, 5.74) is 0.924. The number of hydrogen-bond donors (Lipinski definition) is 2. The Morgan fingerprint density at radius 1 is 1.24 bits per heavy atom. The maximum atomic E-state index is 11.8. The fourth-order valence-electron chi connectivity index (χ4n) is 1.57. The Hall–Kier alpha value is -1.84. The van der Waals surface area contributed by atoms with Gasteiger partial charge in [-0.25, -0.2) is 0 Å². The summed E-state index contributed by atoms with van der Waals surface area (Å²) in [6.07, 6.45) is -0.0623. The van der Waals surface area contributed by atoms with Gasteiger partial charge in [0.2, 0.25) is 5.91 Å². The molecule has 1 amide bonds. The third-order valence-corrected chi connectivity index (χ3v) is 2.56. The topological polar surface area (TPSA) is 66.4 Å². The van der Waals surface area contributed by atoms with Gasteiger partial charge < -0.3 is 10.4 Å². The number of hydrogen-bond acceptors (Lipinski definition) is 2. The largest absolute Gasteiger partial charge is 0.481 e. The SMILES string of the molecule is CC(CC(=O)O)NC(=O)[C@H](C)c1ccccc1. The summed E-state index contributed by atoms with van der Waals surface area (Å²) in [5.74, 6) is -1.33. The van der Waals surface area contributed by atoms with Gasteiger partial charge in [-0.3, -0.25) is 9.59 Å². The predicted molar refractivity (Wildman–Crippen MR) is 64.7 cm³/mol. The van der Waals surface area contributed by atoms with Crippen LogP contribution in [0.15, 0.2) is 30.3 Å². The third kappa shape index (κ3) is 4.26. The van der Waals surface area contributed by atoms with Crippen molar-refractivity contribution in [3.05, 3.63) is 35.9 Å². The Morgan fingerprint density at radius 3 is 2.35 bits per heavy atom. The van der Waals surface area contributed by atoms with Gasteiger partial charge >= 0.3 is 5.97 Å². The van der Waals surface area contributed by atoms with Gasteiger partial charge in [0.05, 0.1) is 12.3 Å². The van der Waals surface area contributed by atoms with Gasteiger partial charge in [-0.1, -0.05) is 30.3 Å². The Bertz CT molecular complexity index is 389. The quantitative estimate of drug-likeness (QED) is 0.817. The van der Waals surface area contributed by atoms with Crippen LogP contribution >= 0.6 is 0 Å². The number of rotatable bonds is 5. The molecule has 92 valence electrons. The van der Waals surface area contributed by atoms with E-state index in [1.54, 1.807) is 13.8 Å². The van der Waals surface area contributed by atoms with Crippen molar-refractivity contribution >= 4 is 11.9 Å². The van der Waals surface area contributed by atoms with Gasteiger partial charge in [0.15, 0.2) is 0 Å². The molecular formula is C13H17NO3. The monoisotopic (exact) mass is 235 g/mol. The average Bonchev–Trinajstić information content (AvgIpc) is 2.28. The molecule has 0 radical (unpaired) electrons. The minimum atomic E-state index is -0.912. The summed E-state index contributed by atoms with van der Waals surface area (Å²) >= 11 is 0. The fraction of sp³-hybridized carbons (Fsp3) is 0.385. The van der Waals surface area contributed by atoms with Crippen molar-refractivity contribution in [2.24, 2.45) is 0 Å². The lowest BCUT2D eigenvalue weighted by atomic mass is 10.00. The Balaban J connectivity index is 2.56. The molecule has 0 aliphatic heterocycles. The first-order valence-corrected chi connectivity index (χ1v) is 5.58. The van der Waals surface area contributed by atoms with Crippen LogP contribution in [0.5, 0.6) is 0 Å². The van der Waals surface area contributed by atoms with E-state index in [1.165, 1.54) is 0 Å². The molecule has 1 aromatic carbocycles. The molecule has 0 fully saturated rings. The third-order valence-electron chi connectivity index (χ3n) is 2.56. The van der Waals surface area contributed by atoms with Crippen molar-refractivity contribution in [3.8, 4) is 0 Å². The minimum Gasteiger partial charge on any atom is -0.481 e. The van der Waals surface area contributed by atoms with E-state index in [0.717, 1.165) is 5.56 Å². The van der Waals surface area contributed by atoms with Gasteiger partial charge in [0.1, 0.15) is 0 Å². The van der Waals surface area contributed by atoms with Gasteiger partial charge in [0, 0.05) is 6.04 Å². The first-order chi connectivity index (χ1) is 8.00. The highest BCUT2D eigenvalue weighted by Crippen LogP contribution is 2.14. The van der Waals surface area contributed by atoms with Crippen LogP contribution in [0.3, 0.4) is 0 Å². The predicted octanol–water partition coefficient (Wildman–Crippen LogP) is 1.77. The number of aliphatic carboxylic acids is 1. The van der Waals surface area contributed by atoms with Crippen molar-refractivity contribution in [3.63, 3.8) is 0 Å². The van der Waals surface area contributed by atoms with E-state index in [4.69, 9.17) is 5.11 Å². The lowest BCUT2D eigenvalue weighted by Crippen LogP contribution is -2.36. The summed E-state index contributed by atoms with van der Waals surface area (Å²) in [7, 11) is 0. The summed E-state index contributed by atoms with van der Waals surface area (Å²) in [6, 6.07) is 9.05. The van der Waals surface area contributed by atoms with E-state index in [1.807, 2.05) is 30.3 Å². The van der Waals surface area contributed by atoms with E-state index in [0.29, 0.717) is 0 Å². The summed E-state index contributed by atoms with van der Waals surface area (Å²) in [6.45, 7) is 3.49. The first kappa shape index (κ1) is 13.2. The number of carbonyl (C=O) groups excluding carboxylic acids is 1. The van der Waals surface area contributed by atoms with E-state index in [9.17, 15) is 9.59 Å². The van der Waals surface area contributed by atoms with E-state index in [2.05, 4.69) is 5.32 Å². The average molecular weight is 235 g/mol. The molecule has 2 N–H and O–H groups in total. The number of carboxylic acid groups (broad SMARTS) is 1. The van der Waals surface area contributed by atoms with Gasteiger partial charge in [-0.2, -0.15) is 0 Å². The Kier molecular flexibility index (Phi) is 4.69. The van der Waals surface area contributed by atoms with Crippen molar-refractivity contribution in [2.45, 2.75) is 32.2 Å². The number of amides is 1. The molecule has 1 unspecified atom stereocenters. The second-order valence-corrected chi connectivity index (χ2v) is 4.14. The lowest BCUT2D eigenvalue weighted by Gasteiger charge is -2.16. The van der Waals surface area contributed by atoms with Crippen LogP contribution < -0.4 is 5.32 Å². The molecule has 0 spiro atoms. The first-order valence-electron chi connectivity index (χ1n) is 5.58. The van der Waals surface area contributed by atoms with Crippen molar-refractivity contribution in [2.75, 3.05) is 0 Å². The smallest absolute Gasteiger partial charge is 0.305 e. The molecule has 1 aromatic rings. The highest BCUT2D eigenvalue weighted by atomic mass is 16.4. The van der Waals surface area contributed by atoms with Crippen molar-refractivity contribution in [1.82, 2.24) is 5.32 Å². The zero-order valence-electron chi connectivity index (χ0n) is 10.0. The molecule has 17 heavy (non-hydrogen) atoms. The van der Waals surface area contributed by atoms with Crippen LogP contribution in [0.4, 0.5) is 0 Å². The standard InChI is InChI=1S/C13H17NO3/c1-9(8-12(15)16)14-13(17)10(2)11-6-4-3-5-7-11/h3-7,9-10H,8H2,1-2H3,(H,14,17)(H,15,16)/t9?,10-/m1/s1. The summed E-state index contributed by atoms with van der Waals surface area (Å²) < 4.78 is 0. The molecule has 0 saturated carbocycles. The van der Waals surface area contributed by atoms with Crippen LogP contribution in [0.25, 0.3) is 0 Å². The molecule has 4 heteroatoms. The molecule has 0 aliphatic carbocycles. The maximum absolute atomic E-state index is 11.8. The van der Waals surface area contributed by atoms with Crippen LogP contribution in [-0.2, 0) is 9.59 Å². The molecule has 0 saturated heterocycles. The van der Waals surface area contributed by atoms with Gasteiger partial charge in [-0.05, 0) is 19.4 Å². The molecule has 0 aromatic heterocycles. The Labute approximate surface area is 101 Å². The zero-order valence-corrected chi connectivity index (χ0v) is 10.0. The highest BCUT2D eigenvalue weighted by Gasteiger charge is 2.17. The van der Waals surface area contributed by atoms with Gasteiger partial charge in [0.25, 0.3) is 0 Å². The second-order valence-electron chi connectivity index (χ2n) is 4.14. The molecule has 2 atom stereocenters. The van der Waals surface area contributed by atoms with Crippen LogP contribution in [0, 0.1) is 0 Å². The number of nitrogens with one attached hydrogen (secondary N) is 1. The van der Waals surface area contributed by atoms with Crippen LogP contribution in [-0.4, -0.2) is 23.0 Å². The second kappa shape index (κ2) is 6.03. The molecule has 4 nitrogen and oxygen atoms in total. The minimum absolute atomic E-state index is 0.0623. The van der Waals surface area contributed by atoms with Crippen molar-refractivity contribution in [1.29, 1.82) is 0 Å². The van der Waals surface area contributed by atoms with E-state index in [-0.39, 0.29) is 24.3 Å². The van der Waals surface area contributed by atoms with Crippen molar-refractivity contribution < 1.29 is 14.7 Å². The fourth-order valence-corrected chi connectivity index (χ4v) is 1.57. The van der Waals surface area contributed by atoms with E-state index < -0.39 is 5.97 Å². The number of carbonyl (C=O) groups is 2. The summed E-state index contributed by atoms with van der Waals surface area (Å²) in [5, 5.41) is 11.3. The molecular weight excluding hydrogens is 218 g/mol. The molecule has 0 bridgehead atoms. The summed E-state index contributed by atoms with van der Waals surface area (Å²) in [4.78, 5) is 22.3.